The van der Waals surface area contributed by atoms with Gasteiger partial charge in [0.1, 0.15) is 5.75 Å². The number of nitrogens with one attached hydrogen (secondary N) is 1. The van der Waals surface area contributed by atoms with Gasteiger partial charge in [0.05, 0.1) is 25.0 Å². The minimum atomic E-state index is -0.584. The third-order valence-corrected chi connectivity index (χ3v) is 4.03. The Morgan fingerprint density at radius 2 is 1.67 bits per heavy atom. The van der Waals surface area contributed by atoms with E-state index >= 15 is 0 Å². The van der Waals surface area contributed by atoms with Gasteiger partial charge in [-0.25, -0.2) is 4.79 Å². The van der Waals surface area contributed by atoms with E-state index in [2.05, 4.69) is 10.1 Å². The third kappa shape index (κ3) is 7.05. The Morgan fingerprint density at radius 3 is 2.33 bits per heavy atom. The summed E-state index contributed by atoms with van der Waals surface area (Å²) in [6.07, 6.45) is 0.484. The van der Waals surface area contributed by atoms with Crippen molar-refractivity contribution in [3.63, 3.8) is 0 Å². The molecule has 158 valence electrons. The van der Waals surface area contributed by atoms with Gasteiger partial charge in [-0.1, -0.05) is 12.1 Å². The number of rotatable bonds is 10. The Kier molecular flexibility index (Phi) is 8.56. The Bertz CT molecular complexity index is 906. The second-order valence-corrected chi connectivity index (χ2v) is 6.28. The smallest absolute Gasteiger partial charge is 0.339 e. The van der Waals surface area contributed by atoms with Gasteiger partial charge >= 0.3 is 11.9 Å². The number of benzene rings is 2. The van der Waals surface area contributed by atoms with E-state index in [9.17, 15) is 19.2 Å². The molecule has 0 aliphatic carbocycles. The fraction of sp³-hybridized carbons (Fsp3) is 0.273. The van der Waals surface area contributed by atoms with E-state index in [4.69, 9.17) is 9.47 Å². The molecule has 0 aromatic heterocycles. The van der Waals surface area contributed by atoms with Crippen molar-refractivity contribution < 1.29 is 33.4 Å². The second-order valence-electron chi connectivity index (χ2n) is 6.28. The van der Waals surface area contributed by atoms with Gasteiger partial charge < -0.3 is 19.5 Å². The second kappa shape index (κ2) is 11.4. The molecular formula is C22H23NO7. The number of amides is 1. The molecular weight excluding hydrogens is 390 g/mol. The van der Waals surface area contributed by atoms with E-state index < -0.39 is 24.5 Å². The van der Waals surface area contributed by atoms with Crippen molar-refractivity contribution >= 4 is 29.3 Å². The number of para-hydroxylation sites is 1. The molecule has 2 aromatic rings. The van der Waals surface area contributed by atoms with Gasteiger partial charge in [0.2, 0.25) is 0 Å². The average Bonchev–Trinajstić information content (AvgIpc) is 2.75. The maximum Gasteiger partial charge on any atom is 0.339 e. The first-order valence-corrected chi connectivity index (χ1v) is 9.27. The average molecular weight is 413 g/mol. The van der Waals surface area contributed by atoms with Gasteiger partial charge in [-0.3, -0.25) is 14.4 Å². The summed E-state index contributed by atoms with van der Waals surface area (Å²) in [7, 11) is 1.24. The van der Waals surface area contributed by atoms with E-state index in [1.807, 2.05) is 0 Å². The lowest BCUT2D eigenvalue weighted by Crippen LogP contribution is -2.22. The number of carbonyl (C=O) groups is 4. The topological polar surface area (TPSA) is 108 Å². The zero-order chi connectivity index (χ0) is 21.9. The van der Waals surface area contributed by atoms with Gasteiger partial charge in [0.25, 0.3) is 5.91 Å². The molecule has 0 bridgehead atoms. The zero-order valence-corrected chi connectivity index (χ0v) is 16.8. The maximum atomic E-state index is 12.0. The van der Waals surface area contributed by atoms with Crippen LogP contribution in [0.1, 0.15) is 40.5 Å². The summed E-state index contributed by atoms with van der Waals surface area (Å²) < 4.78 is 15.1. The van der Waals surface area contributed by atoms with Crippen molar-refractivity contribution in [3.05, 3.63) is 59.7 Å². The predicted octanol–water partition coefficient (Wildman–Crippen LogP) is 3.02. The van der Waals surface area contributed by atoms with Crippen LogP contribution >= 0.6 is 0 Å². The number of Topliss-reactive ketones (excluding diaryl/α,β-unsaturated/α-hetero) is 1. The highest BCUT2D eigenvalue weighted by molar-refractivity contribution is 6.01. The van der Waals surface area contributed by atoms with Crippen molar-refractivity contribution in [1.29, 1.82) is 0 Å². The number of carbonyl (C=O) groups excluding carboxylic acids is 4. The van der Waals surface area contributed by atoms with Crippen molar-refractivity contribution in [2.75, 3.05) is 25.6 Å². The molecule has 0 heterocycles. The van der Waals surface area contributed by atoms with Crippen molar-refractivity contribution in [2.45, 2.75) is 19.8 Å². The first-order chi connectivity index (χ1) is 14.4. The summed E-state index contributed by atoms with van der Waals surface area (Å²) in [6.45, 7) is 1.30. The fourth-order valence-electron chi connectivity index (χ4n) is 2.48. The van der Waals surface area contributed by atoms with Crippen LogP contribution in [0, 0.1) is 0 Å². The molecule has 0 atom stereocenters. The van der Waals surface area contributed by atoms with Crippen LogP contribution in [-0.2, 0) is 19.1 Å². The molecule has 1 amide bonds. The number of hydrogen-bond acceptors (Lipinski definition) is 7. The van der Waals surface area contributed by atoms with Crippen LogP contribution in [0.25, 0.3) is 0 Å². The van der Waals surface area contributed by atoms with Crippen molar-refractivity contribution in [2.24, 2.45) is 0 Å². The zero-order valence-electron chi connectivity index (χ0n) is 16.8. The first-order valence-electron chi connectivity index (χ1n) is 9.27. The monoisotopic (exact) mass is 413 g/mol. The fourth-order valence-corrected chi connectivity index (χ4v) is 2.48. The SMILES string of the molecule is COC(=O)c1ccccc1NC(=O)COC(=O)CCCOc1ccc(C(C)=O)cc1. The van der Waals surface area contributed by atoms with E-state index in [1.165, 1.54) is 20.1 Å². The number of hydrogen-bond donors (Lipinski definition) is 1. The minimum Gasteiger partial charge on any atom is -0.494 e. The van der Waals surface area contributed by atoms with Crippen molar-refractivity contribution in [1.82, 2.24) is 0 Å². The lowest BCUT2D eigenvalue weighted by atomic mass is 10.1. The molecule has 0 fully saturated rings. The number of methoxy groups -OCH3 is 1. The van der Waals surface area contributed by atoms with E-state index in [-0.39, 0.29) is 30.1 Å². The summed E-state index contributed by atoms with van der Waals surface area (Å²) in [5.74, 6) is -1.12. The number of esters is 2. The molecule has 0 saturated heterocycles. The molecule has 0 radical (unpaired) electrons. The Morgan fingerprint density at radius 1 is 0.967 bits per heavy atom. The predicted molar refractivity (Wildman–Crippen MR) is 109 cm³/mol. The van der Waals surface area contributed by atoms with Gasteiger partial charge in [-0.15, -0.1) is 0 Å². The van der Waals surface area contributed by atoms with Crippen LogP contribution in [0.5, 0.6) is 5.75 Å². The molecule has 8 nitrogen and oxygen atoms in total. The Labute approximate surface area is 174 Å². The molecule has 8 heteroatoms. The lowest BCUT2D eigenvalue weighted by Gasteiger charge is -2.10. The normalized spacial score (nSPS) is 10.1. The van der Waals surface area contributed by atoms with Gasteiger partial charge in [-0.2, -0.15) is 0 Å². The lowest BCUT2D eigenvalue weighted by molar-refractivity contribution is -0.147. The van der Waals surface area contributed by atoms with Gasteiger partial charge in [-0.05, 0) is 49.7 Å². The molecule has 0 spiro atoms. The van der Waals surface area contributed by atoms with Gasteiger partial charge in [0, 0.05) is 12.0 Å². The van der Waals surface area contributed by atoms with Gasteiger partial charge in [0.15, 0.2) is 12.4 Å². The summed E-state index contributed by atoms with van der Waals surface area (Å²) in [5.41, 5.74) is 1.07. The van der Waals surface area contributed by atoms with Crippen LogP contribution in [0.2, 0.25) is 0 Å². The molecule has 0 aliphatic heterocycles. The molecule has 0 saturated carbocycles. The molecule has 30 heavy (non-hydrogen) atoms. The van der Waals surface area contributed by atoms with Crippen LogP contribution < -0.4 is 10.1 Å². The number of anilines is 1. The summed E-state index contributed by atoms with van der Waals surface area (Å²) in [4.78, 5) is 46.7. The first kappa shape index (κ1) is 22.6. The molecule has 0 aliphatic rings. The quantitative estimate of drug-likeness (QED) is 0.362. The van der Waals surface area contributed by atoms with Crippen LogP contribution in [0.3, 0.4) is 0 Å². The number of ketones is 1. The Hall–Kier alpha value is -3.68. The van der Waals surface area contributed by atoms with Crippen LogP contribution in [-0.4, -0.2) is 44.0 Å². The van der Waals surface area contributed by atoms with Crippen molar-refractivity contribution in [3.8, 4) is 5.75 Å². The highest BCUT2D eigenvalue weighted by Gasteiger charge is 2.14. The highest BCUT2D eigenvalue weighted by Crippen LogP contribution is 2.16. The minimum absolute atomic E-state index is 0.0258. The summed E-state index contributed by atoms with van der Waals surface area (Å²) in [6, 6.07) is 13.1. The summed E-state index contributed by atoms with van der Waals surface area (Å²) >= 11 is 0. The maximum absolute atomic E-state index is 12.0. The molecule has 2 aromatic carbocycles. The molecule has 0 unspecified atom stereocenters. The molecule has 2 rings (SSSR count). The van der Waals surface area contributed by atoms with E-state index in [0.29, 0.717) is 17.7 Å². The highest BCUT2D eigenvalue weighted by atomic mass is 16.5. The standard InChI is InChI=1S/C22H23NO7/c1-15(24)16-9-11-17(12-10-16)29-13-5-8-21(26)30-14-20(25)23-19-7-4-3-6-18(19)22(27)28-2/h3-4,6-7,9-12H,5,8,13-14H2,1-2H3,(H,23,25). The molecule has 1 N–H and O–H groups in total. The van der Waals surface area contributed by atoms with Crippen LogP contribution in [0.15, 0.2) is 48.5 Å². The third-order valence-electron chi connectivity index (χ3n) is 4.03. The van der Waals surface area contributed by atoms with Crippen LogP contribution in [0.4, 0.5) is 5.69 Å². The van der Waals surface area contributed by atoms with E-state index in [0.717, 1.165) is 0 Å². The largest absolute Gasteiger partial charge is 0.494 e. The number of ether oxygens (including phenoxy) is 3. The summed E-state index contributed by atoms with van der Waals surface area (Å²) in [5, 5.41) is 2.52. The Balaban J connectivity index is 1.69. The van der Waals surface area contributed by atoms with E-state index in [1.54, 1.807) is 42.5 Å².